The van der Waals surface area contributed by atoms with E-state index in [4.69, 9.17) is 15.6 Å². The van der Waals surface area contributed by atoms with Gasteiger partial charge in [0.25, 0.3) is 0 Å². The van der Waals surface area contributed by atoms with Crippen LogP contribution in [-0.4, -0.2) is 47.5 Å². The van der Waals surface area contributed by atoms with Crippen molar-refractivity contribution in [1.82, 2.24) is 5.32 Å². The van der Waals surface area contributed by atoms with Gasteiger partial charge in [0.05, 0.1) is 13.7 Å². The van der Waals surface area contributed by atoms with Crippen LogP contribution in [0.5, 0.6) is 17.2 Å². The van der Waals surface area contributed by atoms with Crippen molar-refractivity contribution >= 4 is 5.91 Å². The molecular formula is C12H18N2O5. The highest BCUT2D eigenvalue weighted by molar-refractivity contribution is 5.81. The van der Waals surface area contributed by atoms with Crippen LogP contribution in [0.4, 0.5) is 0 Å². The van der Waals surface area contributed by atoms with E-state index >= 15 is 0 Å². The smallest absolute Gasteiger partial charge is 0.239 e. The van der Waals surface area contributed by atoms with Gasteiger partial charge in [0.15, 0.2) is 11.5 Å². The van der Waals surface area contributed by atoms with Gasteiger partial charge in [0, 0.05) is 6.54 Å². The highest BCUT2D eigenvalue weighted by Crippen LogP contribution is 2.36. The minimum atomic E-state index is -0.947. The third-order valence-electron chi connectivity index (χ3n) is 2.56. The lowest BCUT2D eigenvalue weighted by atomic mass is 10.1. The maximum atomic E-state index is 11.3. The fraction of sp³-hybridized carbons (Fsp3) is 0.417. The number of phenolic OH excluding ortho intramolecular Hbond substituents is 2. The molecule has 0 saturated heterocycles. The molecule has 0 aromatic heterocycles. The Bertz CT molecular complexity index is 427. The number of carbonyl (C=O) groups excluding carboxylic acids is 1. The topological polar surface area (TPSA) is 125 Å². The molecule has 1 aromatic rings. The molecule has 7 nitrogen and oxygen atoms in total. The summed E-state index contributed by atoms with van der Waals surface area (Å²) in [5.74, 6) is -0.786. The van der Waals surface area contributed by atoms with E-state index in [0.29, 0.717) is 12.0 Å². The summed E-state index contributed by atoms with van der Waals surface area (Å²) in [5, 5.41) is 30.4. The number of aromatic hydroxyl groups is 2. The van der Waals surface area contributed by atoms with Crippen LogP contribution in [0.1, 0.15) is 5.56 Å². The number of hydrogen-bond acceptors (Lipinski definition) is 6. The molecule has 0 fully saturated rings. The number of nitrogens with one attached hydrogen (secondary N) is 1. The fourth-order valence-corrected chi connectivity index (χ4v) is 1.55. The number of amides is 1. The van der Waals surface area contributed by atoms with Crippen LogP contribution in [-0.2, 0) is 11.2 Å². The van der Waals surface area contributed by atoms with Crippen molar-refractivity contribution in [2.75, 3.05) is 20.3 Å². The first-order valence-electron chi connectivity index (χ1n) is 5.72. The first-order chi connectivity index (χ1) is 8.99. The predicted octanol–water partition coefficient (Wildman–Crippen LogP) is -0.915. The Morgan fingerprint density at radius 2 is 2.00 bits per heavy atom. The molecule has 6 N–H and O–H groups in total. The van der Waals surface area contributed by atoms with Crippen molar-refractivity contribution in [2.24, 2.45) is 5.73 Å². The van der Waals surface area contributed by atoms with Crippen LogP contribution in [0, 0.1) is 0 Å². The molecule has 0 saturated carbocycles. The minimum absolute atomic E-state index is 0.00934. The predicted molar refractivity (Wildman–Crippen MR) is 68.1 cm³/mol. The summed E-state index contributed by atoms with van der Waals surface area (Å²) in [6.45, 7) is -0.145. The molecule has 0 spiro atoms. The van der Waals surface area contributed by atoms with E-state index in [1.807, 2.05) is 0 Å². The summed E-state index contributed by atoms with van der Waals surface area (Å²) in [5.41, 5.74) is 5.96. The van der Waals surface area contributed by atoms with Gasteiger partial charge in [-0.15, -0.1) is 0 Å². The number of aliphatic hydroxyl groups is 1. The van der Waals surface area contributed by atoms with Gasteiger partial charge in [-0.2, -0.15) is 0 Å². The van der Waals surface area contributed by atoms with Gasteiger partial charge in [0.1, 0.15) is 6.04 Å². The summed E-state index contributed by atoms with van der Waals surface area (Å²) in [4.78, 5) is 11.3. The van der Waals surface area contributed by atoms with Gasteiger partial charge in [-0.05, 0) is 24.1 Å². The molecule has 0 aliphatic carbocycles. The number of phenols is 2. The van der Waals surface area contributed by atoms with E-state index in [9.17, 15) is 15.0 Å². The molecule has 0 bridgehead atoms. The lowest BCUT2D eigenvalue weighted by molar-refractivity contribution is -0.123. The summed E-state index contributed by atoms with van der Waals surface area (Å²) < 4.78 is 4.81. The number of methoxy groups -OCH3 is 1. The van der Waals surface area contributed by atoms with Gasteiger partial charge in [0.2, 0.25) is 11.7 Å². The van der Waals surface area contributed by atoms with Crippen LogP contribution in [0.25, 0.3) is 0 Å². The van der Waals surface area contributed by atoms with Crippen molar-refractivity contribution in [3.8, 4) is 17.2 Å². The summed E-state index contributed by atoms with van der Waals surface area (Å²) >= 11 is 0. The van der Waals surface area contributed by atoms with Crippen LogP contribution >= 0.6 is 0 Å². The second kappa shape index (κ2) is 6.81. The third-order valence-corrected chi connectivity index (χ3v) is 2.56. The molecule has 1 atom stereocenters. The van der Waals surface area contributed by atoms with Gasteiger partial charge >= 0.3 is 0 Å². The Morgan fingerprint density at radius 1 is 1.42 bits per heavy atom. The number of carbonyl (C=O) groups is 1. The zero-order valence-corrected chi connectivity index (χ0v) is 10.6. The Morgan fingerprint density at radius 3 is 2.47 bits per heavy atom. The van der Waals surface area contributed by atoms with Crippen LogP contribution in [0.2, 0.25) is 0 Å². The minimum Gasteiger partial charge on any atom is -0.504 e. The summed E-state index contributed by atoms with van der Waals surface area (Å²) in [7, 11) is 1.34. The average molecular weight is 270 g/mol. The van der Waals surface area contributed by atoms with Crippen molar-refractivity contribution in [3.63, 3.8) is 0 Å². The lowest BCUT2D eigenvalue weighted by Gasteiger charge is -2.11. The second-order valence-corrected chi connectivity index (χ2v) is 4.00. The zero-order chi connectivity index (χ0) is 14.4. The van der Waals surface area contributed by atoms with Crippen LogP contribution in [0.3, 0.4) is 0 Å². The average Bonchev–Trinajstić information content (AvgIpc) is 2.37. The molecule has 106 valence electrons. The number of hydrogen-bond donors (Lipinski definition) is 5. The molecule has 19 heavy (non-hydrogen) atoms. The van der Waals surface area contributed by atoms with E-state index in [0.717, 1.165) is 0 Å². The normalized spacial score (nSPS) is 11.9. The van der Waals surface area contributed by atoms with Crippen molar-refractivity contribution < 1.29 is 24.9 Å². The zero-order valence-electron chi connectivity index (χ0n) is 10.6. The second-order valence-electron chi connectivity index (χ2n) is 4.00. The van der Waals surface area contributed by atoms with E-state index in [2.05, 4.69) is 5.32 Å². The Hall–Kier alpha value is -1.99. The van der Waals surface area contributed by atoms with Crippen molar-refractivity contribution in [1.29, 1.82) is 0 Å². The molecule has 7 heteroatoms. The highest BCUT2D eigenvalue weighted by Gasteiger charge is 2.12. The first-order valence-corrected chi connectivity index (χ1v) is 5.72. The Balaban J connectivity index is 2.57. The van der Waals surface area contributed by atoms with E-state index in [1.165, 1.54) is 19.2 Å². The largest absolute Gasteiger partial charge is 0.504 e. The molecule has 0 aliphatic heterocycles. The number of nitrogens with two attached hydrogens (primary N) is 1. The lowest BCUT2D eigenvalue weighted by Crippen LogP contribution is -2.43. The molecule has 1 amide bonds. The van der Waals surface area contributed by atoms with E-state index in [1.54, 1.807) is 0 Å². The first kappa shape index (κ1) is 15.1. The third kappa shape index (κ3) is 4.01. The molecule has 0 aliphatic rings. The van der Waals surface area contributed by atoms with Crippen molar-refractivity contribution in [2.45, 2.75) is 12.5 Å². The van der Waals surface area contributed by atoms with Gasteiger partial charge in [-0.1, -0.05) is 0 Å². The SMILES string of the molecule is COc1c(O)cc(CCNC(=O)C(N)CO)cc1O. The molecule has 0 radical (unpaired) electrons. The van der Waals surface area contributed by atoms with Gasteiger partial charge in [-0.3, -0.25) is 4.79 Å². The van der Waals surface area contributed by atoms with E-state index < -0.39 is 18.6 Å². The number of aliphatic hydroxyl groups excluding tert-OH is 1. The van der Waals surface area contributed by atoms with Gasteiger partial charge < -0.3 is 31.1 Å². The van der Waals surface area contributed by atoms with Crippen LogP contribution in [0.15, 0.2) is 12.1 Å². The Kier molecular flexibility index (Phi) is 5.40. The molecule has 1 rings (SSSR count). The maximum Gasteiger partial charge on any atom is 0.239 e. The fourth-order valence-electron chi connectivity index (χ4n) is 1.55. The van der Waals surface area contributed by atoms with E-state index in [-0.39, 0.29) is 23.8 Å². The summed E-state index contributed by atoms with van der Waals surface area (Å²) in [6.07, 6.45) is 0.398. The number of rotatable bonds is 6. The monoisotopic (exact) mass is 270 g/mol. The molecule has 1 aromatic carbocycles. The van der Waals surface area contributed by atoms with Gasteiger partial charge in [-0.25, -0.2) is 0 Å². The highest BCUT2D eigenvalue weighted by atomic mass is 16.5. The molecule has 1 unspecified atom stereocenters. The molecular weight excluding hydrogens is 252 g/mol. The Labute approximate surface area is 110 Å². The maximum absolute atomic E-state index is 11.3. The quantitative estimate of drug-likeness (QED) is 0.455. The van der Waals surface area contributed by atoms with Crippen LogP contribution < -0.4 is 15.8 Å². The number of ether oxygens (including phenoxy) is 1. The summed E-state index contributed by atoms with van der Waals surface area (Å²) in [6, 6.07) is 1.94. The van der Waals surface area contributed by atoms with Crippen molar-refractivity contribution in [3.05, 3.63) is 17.7 Å². The molecule has 0 heterocycles. The standard InChI is InChI=1S/C12H18N2O5/c1-19-11-9(16)4-7(5-10(11)17)2-3-14-12(18)8(13)6-15/h4-5,8,15-17H,2-3,6,13H2,1H3,(H,14,18). The number of benzene rings is 1.